The number of quaternary nitrogens is 1. The molecule has 0 aromatic heterocycles. The SMILES string of the molecule is CCCC/C=C/CCCCCCCCCCCC(=O)OC[C@H](COP(=O)(O)OCC[N+](C)(C)C)OC(=O)CCCCC/C=C/CCCCCCCC. The van der Waals surface area contributed by atoms with Crippen LogP contribution in [-0.2, 0) is 32.7 Å². The summed E-state index contributed by atoms with van der Waals surface area (Å²) in [5.41, 5.74) is 0. The summed E-state index contributed by atoms with van der Waals surface area (Å²) >= 11 is 0. The lowest BCUT2D eigenvalue weighted by molar-refractivity contribution is -0.870. The molecule has 0 bridgehead atoms. The van der Waals surface area contributed by atoms with Crippen LogP contribution in [0.1, 0.15) is 181 Å². The monoisotopic (exact) mass is 759 g/mol. The Morgan fingerprint density at radius 3 is 1.50 bits per heavy atom. The average Bonchev–Trinajstić information content (AvgIpc) is 3.09. The molecule has 9 nitrogen and oxygen atoms in total. The maximum absolute atomic E-state index is 12.6. The number of phosphoric ester groups is 1. The van der Waals surface area contributed by atoms with E-state index >= 15 is 0 Å². The summed E-state index contributed by atoms with van der Waals surface area (Å²) in [6.07, 6.45) is 36.5. The summed E-state index contributed by atoms with van der Waals surface area (Å²) in [6.45, 7) is 4.36. The Kier molecular flexibility index (Phi) is 34.2. The van der Waals surface area contributed by atoms with Crippen molar-refractivity contribution in [3.8, 4) is 0 Å². The zero-order chi connectivity index (χ0) is 38.6. The lowest BCUT2D eigenvalue weighted by Crippen LogP contribution is -2.37. The molecule has 0 spiro atoms. The molecule has 1 unspecified atom stereocenters. The van der Waals surface area contributed by atoms with Crippen LogP contribution in [0.3, 0.4) is 0 Å². The van der Waals surface area contributed by atoms with E-state index in [1.165, 1.54) is 103 Å². The molecule has 0 amide bonds. The van der Waals surface area contributed by atoms with Crippen LogP contribution in [0.15, 0.2) is 24.3 Å². The van der Waals surface area contributed by atoms with Gasteiger partial charge < -0.3 is 18.9 Å². The summed E-state index contributed by atoms with van der Waals surface area (Å²) in [7, 11) is 1.47. The minimum absolute atomic E-state index is 0.0298. The number of phosphoric acid groups is 1. The number of rotatable bonds is 38. The van der Waals surface area contributed by atoms with Crippen molar-refractivity contribution in [3.05, 3.63) is 24.3 Å². The third kappa shape index (κ3) is 38.2. The van der Waals surface area contributed by atoms with Gasteiger partial charge in [-0.05, 0) is 57.8 Å². The number of allylic oxidation sites excluding steroid dienone is 4. The molecule has 1 N–H and O–H groups in total. The van der Waals surface area contributed by atoms with E-state index in [0.29, 0.717) is 17.4 Å². The standard InChI is InChI=1S/C42H80NO8P/c1-6-8-10-12-14-16-18-20-21-23-24-26-28-30-32-34-41(44)48-38-40(39-50-52(46,47)49-37-36-43(3,4)5)51-42(45)35-33-31-29-27-25-22-19-17-15-13-11-9-7-2/h12,14,22,25,40H,6-11,13,15-21,23-24,26-39H2,1-5H3/p+1/b14-12+,25-22+/t40-/m1/s1. The molecule has 0 heterocycles. The molecule has 0 aromatic carbocycles. The largest absolute Gasteiger partial charge is 0.472 e. The van der Waals surface area contributed by atoms with Gasteiger partial charge in [-0.2, -0.15) is 0 Å². The molecule has 0 fully saturated rings. The van der Waals surface area contributed by atoms with Crippen molar-refractivity contribution in [3.63, 3.8) is 0 Å². The van der Waals surface area contributed by atoms with Crippen molar-refractivity contribution < 1.29 is 42.1 Å². The second-order valence-electron chi connectivity index (χ2n) is 15.4. The molecule has 2 atom stereocenters. The first-order valence-electron chi connectivity index (χ1n) is 21.1. The molecule has 52 heavy (non-hydrogen) atoms. The molecule has 0 saturated carbocycles. The lowest BCUT2D eigenvalue weighted by Gasteiger charge is -2.24. The fourth-order valence-corrected chi connectivity index (χ4v) is 6.32. The average molecular weight is 759 g/mol. The highest BCUT2D eigenvalue weighted by Gasteiger charge is 2.27. The van der Waals surface area contributed by atoms with Crippen LogP contribution in [0.5, 0.6) is 0 Å². The normalized spacial score (nSPS) is 13.9. The molecule has 306 valence electrons. The number of unbranched alkanes of at least 4 members (excludes halogenated alkanes) is 20. The predicted molar refractivity (Wildman–Crippen MR) is 215 cm³/mol. The van der Waals surface area contributed by atoms with Gasteiger partial charge >= 0.3 is 19.8 Å². The Hall–Kier alpha value is -1.51. The van der Waals surface area contributed by atoms with Crippen LogP contribution < -0.4 is 0 Å². The van der Waals surface area contributed by atoms with Crippen molar-refractivity contribution >= 4 is 19.8 Å². The van der Waals surface area contributed by atoms with Gasteiger partial charge in [0, 0.05) is 12.8 Å². The zero-order valence-electron chi connectivity index (χ0n) is 34.3. The fraction of sp³-hybridized carbons (Fsp3) is 0.857. The van der Waals surface area contributed by atoms with E-state index < -0.39 is 26.5 Å². The number of hydrogen-bond donors (Lipinski definition) is 1. The first-order chi connectivity index (χ1) is 25.0. The zero-order valence-corrected chi connectivity index (χ0v) is 35.2. The van der Waals surface area contributed by atoms with Crippen LogP contribution >= 0.6 is 7.82 Å². The molecule has 10 heteroatoms. The minimum atomic E-state index is -4.37. The molecule has 0 aliphatic carbocycles. The Morgan fingerprint density at radius 1 is 0.577 bits per heavy atom. The molecule has 0 saturated heterocycles. The quantitative estimate of drug-likeness (QED) is 0.0218. The van der Waals surface area contributed by atoms with Crippen LogP contribution in [0.2, 0.25) is 0 Å². The minimum Gasteiger partial charge on any atom is -0.462 e. The van der Waals surface area contributed by atoms with Gasteiger partial charge in [0.1, 0.15) is 19.8 Å². The Bertz CT molecular complexity index is 949. The number of esters is 2. The van der Waals surface area contributed by atoms with Gasteiger partial charge in [-0.3, -0.25) is 18.6 Å². The van der Waals surface area contributed by atoms with Crippen molar-refractivity contribution in [1.29, 1.82) is 0 Å². The summed E-state index contributed by atoms with van der Waals surface area (Å²) in [4.78, 5) is 35.3. The van der Waals surface area contributed by atoms with Gasteiger partial charge in [-0.15, -0.1) is 0 Å². The van der Waals surface area contributed by atoms with E-state index in [4.69, 9.17) is 18.5 Å². The van der Waals surface area contributed by atoms with E-state index in [9.17, 15) is 19.0 Å². The Balaban J connectivity index is 4.39. The van der Waals surface area contributed by atoms with E-state index in [1.807, 2.05) is 21.1 Å². The van der Waals surface area contributed by atoms with Gasteiger partial charge in [0.15, 0.2) is 6.10 Å². The third-order valence-corrected chi connectivity index (χ3v) is 9.94. The number of carbonyl (C=O) groups excluding carboxylic acids is 2. The van der Waals surface area contributed by atoms with E-state index in [-0.39, 0.29) is 32.0 Å². The second-order valence-corrected chi connectivity index (χ2v) is 16.8. The fourth-order valence-electron chi connectivity index (χ4n) is 5.58. The number of likely N-dealkylation sites (N-methyl/N-ethyl adjacent to an activating group) is 1. The topological polar surface area (TPSA) is 108 Å². The maximum Gasteiger partial charge on any atom is 0.472 e. The highest BCUT2D eigenvalue weighted by atomic mass is 31.2. The first kappa shape index (κ1) is 50.5. The van der Waals surface area contributed by atoms with Crippen LogP contribution in [-0.4, -0.2) is 74.9 Å². The highest BCUT2D eigenvalue weighted by molar-refractivity contribution is 7.47. The molecule has 0 rings (SSSR count). The summed E-state index contributed by atoms with van der Waals surface area (Å²) in [5.74, 6) is -0.818. The predicted octanol–water partition coefficient (Wildman–Crippen LogP) is 11.6. The van der Waals surface area contributed by atoms with Crippen LogP contribution in [0.25, 0.3) is 0 Å². The van der Waals surface area contributed by atoms with E-state index in [2.05, 4.69) is 38.2 Å². The maximum atomic E-state index is 12.6. The van der Waals surface area contributed by atoms with Crippen molar-refractivity contribution in [1.82, 2.24) is 0 Å². The van der Waals surface area contributed by atoms with E-state index in [1.54, 1.807) is 0 Å². The third-order valence-electron chi connectivity index (χ3n) is 8.95. The lowest BCUT2D eigenvalue weighted by atomic mass is 10.1. The second kappa shape index (κ2) is 35.2. The van der Waals surface area contributed by atoms with Crippen LogP contribution in [0, 0.1) is 0 Å². The van der Waals surface area contributed by atoms with Crippen molar-refractivity contribution in [2.45, 2.75) is 187 Å². The summed E-state index contributed by atoms with van der Waals surface area (Å²) < 4.78 is 34.2. The summed E-state index contributed by atoms with van der Waals surface area (Å²) in [5, 5.41) is 0. The highest BCUT2D eigenvalue weighted by Crippen LogP contribution is 2.43. The molecule has 0 aliphatic rings. The first-order valence-corrected chi connectivity index (χ1v) is 22.6. The molecular weight excluding hydrogens is 677 g/mol. The Labute approximate surface area is 319 Å². The molecule has 0 aliphatic heterocycles. The number of ether oxygens (including phenoxy) is 2. The van der Waals surface area contributed by atoms with E-state index in [0.717, 1.165) is 44.9 Å². The Morgan fingerprint density at radius 2 is 1.00 bits per heavy atom. The van der Waals surface area contributed by atoms with Crippen molar-refractivity contribution in [2.75, 3.05) is 47.5 Å². The molecule has 0 aromatic rings. The number of hydrogen-bond acceptors (Lipinski definition) is 7. The smallest absolute Gasteiger partial charge is 0.462 e. The van der Waals surface area contributed by atoms with Crippen molar-refractivity contribution in [2.24, 2.45) is 0 Å². The molecule has 0 radical (unpaired) electrons. The van der Waals surface area contributed by atoms with Gasteiger partial charge in [-0.1, -0.05) is 134 Å². The number of carbonyl (C=O) groups is 2. The molecular formula is C42H81NO8P+. The van der Waals surface area contributed by atoms with Gasteiger partial charge in [-0.25, -0.2) is 4.57 Å². The van der Waals surface area contributed by atoms with Gasteiger partial charge in [0.05, 0.1) is 27.7 Å². The summed E-state index contributed by atoms with van der Waals surface area (Å²) in [6, 6.07) is 0. The number of nitrogens with zero attached hydrogens (tertiary/aromatic N) is 1. The van der Waals surface area contributed by atoms with Gasteiger partial charge in [0.25, 0.3) is 0 Å². The van der Waals surface area contributed by atoms with Crippen LogP contribution in [0.4, 0.5) is 0 Å². The van der Waals surface area contributed by atoms with Gasteiger partial charge in [0.2, 0.25) is 0 Å².